The summed E-state index contributed by atoms with van der Waals surface area (Å²) in [6.45, 7) is 8.46. The predicted molar refractivity (Wildman–Crippen MR) is 147 cm³/mol. The first-order valence-electron chi connectivity index (χ1n) is 12.9. The standard InChI is InChI=1S/C28H35ClN2O5S/c1-3-5-8-18-36-27(35)22-21-13-14-28(37-21)23(22)25(33)31(16-6-7-17-32)24(28)26(34)30(15-4-2)20-11-9-19(29)10-12-20/h3-4,9-12,21-24,32H,1-2,5-8,13-18H2/t21-,22+,23+,24?,28?/m1/s1. The lowest BCUT2D eigenvalue weighted by Gasteiger charge is -2.37. The maximum Gasteiger partial charge on any atom is 0.310 e. The minimum atomic E-state index is -0.715. The van der Waals surface area contributed by atoms with Crippen molar-refractivity contribution < 1.29 is 24.2 Å². The lowest BCUT2D eigenvalue weighted by atomic mass is 9.71. The molecule has 9 heteroatoms. The minimum absolute atomic E-state index is 0.0130. The van der Waals surface area contributed by atoms with E-state index in [1.54, 1.807) is 58.0 Å². The van der Waals surface area contributed by atoms with Crippen molar-refractivity contribution in [3.63, 3.8) is 0 Å². The Morgan fingerprint density at radius 1 is 1.22 bits per heavy atom. The monoisotopic (exact) mass is 546 g/mol. The summed E-state index contributed by atoms with van der Waals surface area (Å²) in [5.74, 6) is -1.84. The van der Waals surface area contributed by atoms with Gasteiger partial charge in [-0.15, -0.1) is 24.9 Å². The van der Waals surface area contributed by atoms with E-state index in [-0.39, 0.29) is 36.2 Å². The number of amides is 2. The van der Waals surface area contributed by atoms with Crippen molar-refractivity contribution in [1.82, 2.24) is 4.90 Å². The summed E-state index contributed by atoms with van der Waals surface area (Å²) in [5, 5.41) is 9.86. The molecule has 0 aromatic heterocycles. The van der Waals surface area contributed by atoms with Crippen molar-refractivity contribution in [2.45, 2.75) is 54.6 Å². The number of ether oxygens (including phenoxy) is 1. The van der Waals surface area contributed by atoms with Crippen LogP contribution in [-0.4, -0.2) is 70.1 Å². The van der Waals surface area contributed by atoms with Crippen molar-refractivity contribution in [1.29, 1.82) is 0 Å². The van der Waals surface area contributed by atoms with Crippen LogP contribution in [0.4, 0.5) is 5.69 Å². The second kappa shape index (κ2) is 12.0. The third-order valence-electron chi connectivity index (χ3n) is 7.63. The Kier molecular flexibility index (Phi) is 9.03. The molecular formula is C28H35ClN2O5S. The Morgan fingerprint density at radius 2 is 1.97 bits per heavy atom. The van der Waals surface area contributed by atoms with Gasteiger partial charge in [0.2, 0.25) is 5.91 Å². The molecule has 2 amide bonds. The highest BCUT2D eigenvalue weighted by Gasteiger charge is 2.74. The molecule has 200 valence electrons. The van der Waals surface area contributed by atoms with Gasteiger partial charge in [-0.2, -0.15) is 0 Å². The van der Waals surface area contributed by atoms with Gasteiger partial charge in [-0.05, 0) is 62.8 Å². The first-order chi connectivity index (χ1) is 17.9. The molecule has 3 aliphatic rings. The van der Waals surface area contributed by atoms with Crippen molar-refractivity contribution in [3.8, 4) is 0 Å². The number of hydrogen-bond donors (Lipinski definition) is 1. The SMILES string of the molecule is C=CCCCOC(=O)[C@@H]1[C@H]2C(=O)N(CCCCO)C(C(=O)N(CC=C)c3ccc(Cl)cc3)C23CC[C@H]1S3. The van der Waals surface area contributed by atoms with Crippen molar-refractivity contribution in [2.75, 3.05) is 31.2 Å². The summed E-state index contributed by atoms with van der Waals surface area (Å²) >= 11 is 7.71. The van der Waals surface area contributed by atoms with Gasteiger partial charge in [0.1, 0.15) is 6.04 Å². The number of fused-ring (bicyclic) bond motifs is 1. The number of thioether (sulfide) groups is 1. The van der Waals surface area contributed by atoms with Gasteiger partial charge in [-0.1, -0.05) is 23.8 Å². The molecule has 0 aliphatic carbocycles. The second-order valence-corrected chi connectivity index (χ2v) is 11.9. The van der Waals surface area contributed by atoms with E-state index in [0.717, 1.165) is 12.8 Å². The van der Waals surface area contributed by atoms with Crippen LogP contribution >= 0.6 is 23.4 Å². The van der Waals surface area contributed by atoms with E-state index in [4.69, 9.17) is 16.3 Å². The number of esters is 1. The quantitative estimate of drug-likeness (QED) is 0.226. The fourth-order valence-corrected chi connectivity index (χ4v) is 8.38. The van der Waals surface area contributed by atoms with Crippen LogP contribution in [0.3, 0.4) is 0 Å². The van der Waals surface area contributed by atoms with Gasteiger partial charge in [0.15, 0.2) is 0 Å². The maximum absolute atomic E-state index is 14.3. The van der Waals surface area contributed by atoms with Crippen LogP contribution in [0.2, 0.25) is 5.02 Å². The van der Waals surface area contributed by atoms with Crippen molar-refractivity contribution in [2.24, 2.45) is 11.8 Å². The normalized spacial score (nSPS) is 27.7. The lowest BCUT2D eigenvalue weighted by molar-refractivity contribution is -0.154. The Balaban J connectivity index is 1.67. The Labute approximate surface area is 227 Å². The van der Waals surface area contributed by atoms with E-state index < -0.39 is 22.6 Å². The molecule has 2 unspecified atom stereocenters. The molecule has 3 heterocycles. The molecule has 4 rings (SSSR count). The third kappa shape index (κ3) is 5.20. The van der Waals surface area contributed by atoms with Crippen molar-refractivity contribution in [3.05, 3.63) is 54.6 Å². The van der Waals surface area contributed by atoms with Gasteiger partial charge < -0.3 is 19.6 Å². The zero-order chi connectivity index (χ0) is 26.6. The molecule has 3 aliphatic heterocycles. The van der Waals surface area contributed by atoms with Crippen LogP contribution in [0, 0.1) is 11.8 Å². The van der Waals surface area contributed by atoms with Crippen LogP contribution in [0.15, 0.2) is 49.6 Å². The largest absolute Gasteiger partial charge is 0.465 e. The van der Waals surface area contributed by atoms with Crippen LogP contribution in [0.25, 0.3) is 0 Å². The molecule has 0 radical (unpaired) electrons. The number of halogens is 1. The van der Waals surface area contributed by atoms with Crippen molar-refractivity contribution >= 4 is 46.8 Å². The average molecular weight is 547 g/mol. The van der Waals surface area contributed by atoms with Gasteiger partial charge >= 0.3 is 5.97 Å². The molecule has 3 fully saturated rings. The Morgan fingerprint density at radius 3 is 2.65 bits per heavy atom. The number of benzene rings is 1. The van der Waals surface area contributed by atoms with Crippen LogP contribution in [-0.2, 0) is 19.1 Å². The zero-order valence-electron chi connectivity index (χ0n) is 21.0. The van der Waals surface area contributed by atoms with E-state index in [9.17, 15) is 19.5 Å². The average Bonchev–Trinajstić information content (AvgIpc) is 3.53. The molecule has 1 aromatic rings. The topological polar surface area (TPSA) is 87.1 Å². The summed E-state index contributed by atoms with van der Waals surface area (Å²) < 4.78 is 4.92. The number of likely N-dealkylation sites (tertiary alicyclic amines) is 1. The van der Waals surface area contributed by atoms with Gasteiger partial charge in [-0.3, -0.25) is 14.4 Å². The number of nitrogens with zero attached hydrogens (tertiary/aromatic N) is 2. The van der Waals surface area contributed by atoms with Crippen LogP contribution in [0.1, 0.15) is 38.5 Å². The molecule has 2 bridgehead atoms. The highest BCUT2D eigenvalue weighted by molar-refractivity contribution is 8.02. The van der Waals surface area contributed by atoms with E-state index in [1.165, 1.54) is 0 Å². The smallest absolute Gasteiger partial charge is 0.310 e. The highest BCUT2D eigenvalue weighted by Crippen LogP contribution is 2.66. The number of aliphatic hydroxyl groups is 1. The Hall–Kier alpha value is -2.29. The number of aliphatic hydroxyl groups excluding tert-OH is 1. The molecule has 3 saturated heterocycles. The number of rotatable bonds is 13. The number of unbranched alkanes of at least 4 members (excludes halogenated alkanes) is 2. The van der Waals surface area contributed by atoms with Crippen LogP contribution in [0.5, 0.6) is 0 Å². The maximum atomic E-state index is 14.3. The minimum Gasteiger partial charge on any atom is -0.465 e. The second-order valence-electron chi connectivity index (χ2n) is 9.83. The van der Waals surface area contributed by atoms with Gasteiger partial charge in [-0.25, -0.2) is 0 Å². The molecule has 1 spiro atoms. The number of carbonyl (C=O) groups is 3. The summed E-state index contributed by atoms with van der Waals surface area (Å²) in [6, 6.07) is 6.32. The molecule has 0 saturated carbocycles. The molecule has 7 nitrogen and oxygen atoms in total. The summed E-state index contributed by atoms with van der Waals surface area (Å²) in [5.41, 5.74) is 0.674. The Bertz CT molecular complexity index is 1030. The molecule has 1 aromatic carbocycles. The fraction of sp³-hybridized carbons (Fsp3) is 0.536. The first kappa shape index (κ1) is 27.7. The van der Waals surface area contributed by atoms with Gasteiger partial charge in [0.05, 0.1) is 23.2 Å². The van der Waals surface area contributed by atoms with Gasteiger partial charge in [0, 0.05) is 35.7 Å². The highest BCUT2D eigenvalue weighted by atomic mass is 35.5. The lowest BCUT2D eigenvalue weighted by Crippen LogP contribution is -2.55. The zero-order valence-corrected chi connectivity index (χ0v) is 22.6. The fourth-order valence-electron chi connectivity index (χ4n) is 6.05. The van der Waals surface area contributed by atoms with E-state index in [1.807, 2.05) is 0 Å². The van der Waals surface area contributed by atoms with Gasteiger partial charge in [0.25, 0.3) is 5.91 Å². The van der Waals surface area contributed by atoms with E-state index in [0.29, 0.717) is 49.5 Å². The summed E-state index contributed by atoms with van der Waals surface area (Å²) in [4.78, 5) is 44.8. The third-order valence-corrected chi connectivity index (χ3v) is 9.83. The van der Waals surface area contributed by atoms with E-state index in [2.05, 4.69) is 13.2 Å². The number of hydrogen-bond acceptors (Lipinski definition) is 6. The molecule has 1 N–H and O–H groups in total. The van der Waals surface area contributed by atoms with E-state index >= 15 is 0 Å². The predicted octanol–water partition coefficient (Wildman–Crippen LogP) is 4.23. The van der Waals surface area contributed by atoms with Crippen LogP contribution < -0.4 is 4.90 Å². The molecule has 37 heavy (non-hydrogen) atoms. The summed E-state index contributed by atoms with van der Waals surface area (Å²) in [7, 11) is 0. The molecular weight excluding hydrogens is 512 g/mol. The molecule has 5 atom stereocenters. The summed E-state index contributed by atoms with van der Waals surface area (Å²) in [6.07, 6.45) is 7.44. The number of allylic oxidation sites excluding steroid dienone is 1. The number of anilines is 1. The first-order valence-corrected chi connectivity index (χ1v) is 14.2. The number of carbonyl (C=O) groups excluding carboxylic acids is 3.